The van der Waals surface area contributed by atoms with Crippen LogP contribution in [0.25, 0.3) is 0 Å². The van der Waals surface area contributed by atoms with Gasteiger partial charge in [0, 0.05) is 13.1 Å². The smallest absolute Gasteiger partial charge is 0.404 e. The largest absolute Gasteiger partial charge is 0.465 e. The van der Waals surface area contributed by atoms with Crippen LogP contribution in [0.2, 0.25) is 0 Å². The second kappa shape index (κ2) is 7.34. The summed E-state index contributed by atoms with van der Waals surface area (Å²) in [6.45, 7) is 1.78. The molecule has 0 radical (unpaired) electrons. The molecule has 6 nitrogen and oxygen atoms in total. The summed E-state index contributed by atoms with van der Waals surface area (Å²) in [5.41, 5.74) is 7.31. The Labute approximate surface area is 99.8 Å². The summed E-state index contributed by atoms with van der Waals surface area (Å²) in [6, 6.07) is 7.48. The summed E-state index contributed by atoms with van der Waals surface area (Å²) in [6.07, 6.45) is -1.04. The minimum absolute atomic E-state index is 0.294. The molecule has 5 N–H and O–H groups in total. The lowest BCUT2D eigenvalue weighted by Gasteiger charge is -2.09. The molecule has 0 aliphatic rings. The zero-order valence-electron chi connectivity index (χ0n) is 9.48. The molecule has 0 aromatic heterocycles. The summed E-state index contributed by atoms with van der Waals surface area (Å²) in [4.78, 5) is 10.1. The highest BCUT2D eigenvalue weighted by molar-refractivity contribution is 5.65. The van der Waals surface area contributed by atoms with E-state index in [9.17, 15) is 4.79 Å². The van der Waals surface area contributed by atoms with Crippen LogP contribution in [0.4, 0.5) is 16.2 Å². The van der Waals surface area contributed by atoms with Gasteiger partial charge in [-0.2, -0.15) is 0 Å². The van der Waals surface area contributed by atoms with Gasteiger partial charge in [0.1, 0.15) is 0 Å². The third-order valence-electron chi connectivity index (χ3n) is 2.05. The van der Waals surface area contributed by atoms with Crippen LogP contribution in [0.5, 0.6) is 0 Å². The Morgan fingerprint density at radius 1 is 1.29 bits per heavy atom. The molecule has 0 atom stereocenters. The number of hydrogen-bond acceptors (Lipinski definition) is 4. The first-order valence-corrected chi connectivity index (χ1v) is 5.33. The third-order valence-corrected chi connectivity index (χ3v) is 2.05. The highest BCUT2D eigenvalue weighted by Crippen LogP contribution is 2.15. The van der Waals surface area contributed by atoms with Crippen LogP contribution in [-0.4, -0.2) is 37.5 Å². The molecule has 1 aromatic rings. The predicted molar refractivity (Wildman–Crippen MR) is 66.2 cm³/mol. The van der Waals surface area contributed by atoms with E-state index in [4.69, 9.17) is 15.6 Å². The molecule has 6 heteroatoms. The lowest BCUT2D eigenvalue weighted by molar-refractivity contribution is 0.141. The number of nitrogen functional groups attached to an aromatic ring is 1. The second-order valence-electron chi connectivity index (χ2n) is 3.36. The second-order valence-corrected chi connectivity index (χ2v) is 3.36. The molecule has 1 amide bonds. The van der Waals surface area contributed by atoms with Crippen molar-refractivity contribution in [2.45, 2.75) is 0 Å². The minimum atomic E-state index is -1.04. The van der Waals surface area contributed by atoms with E-state index in [1.165, 1.54) is 0 Å². The highest BCUT2D eigenvalue weighted by Gasteiger charge is 1.96. The molecule has 0 heterocycles. The van der Waals surface area contributed by atoms with Crippen LogP contribution in [-0.2, 0) is 4.74 Å². The Bertz CT molecular complexity index is 358. The van der Waals surface area contributed by atoms with Crippen molar-refractivity contribution in [3.05, 3.63) is 24.3 Å². The molecule has 17 heavy (non-hydrogen) atoms. The van der Waals surface area contributed by atoms with Crippen LogP contribution >= 0.6 is 0 Å². The van der Waals surface area contributed by atoms with Gasteiger partial charge in [-0.3, -0.25) is 0 Å². The molecule has 0 aliphatic carbocycles. The summed E-state index contributed by atoms with van der Waals surface area (Å²) in [7, 11) is 0. The fourth-order valence-corrected chi connectivity index (χ4v) is 1.25. The SMILES string of the molecule is Nc1ccccc1NCCOCCNC(=O)O. The Hall–Kier alpha value is -1.95. The molecular weight excluding hydrogens is 222 g/mol. The van der Waals surface area contributed by atoms with Gasteiger partial charge in [-0.15, -0.1) is 0 Å². The molecule has 94 valence electrons. The Kier molecular flexibility index (Phi) is 5.67. The van der Waals surface area contributed by atoms with Crippen LogP contribution < -0.4 is 16.4 Å². The Morgan fingerprint density at radius 2 is 2.00 bits per heavy atom. The number of benzene rings is 1. The third kappa shape index (κ3) is 5.62. The van der Waals surface area contributed by atoms with Gasteiger partial charge < -0.3 is 26.2 Å². The first-order chi connectivity index (χ1) is 8.20. The molecule has 0 saturated heterocycles. The summed E-state index contributed by atoms with van der Waals surface area (Å²) in [5.74, 6) is 0. The van der Waals surface area contributed by atoms with Gasteiger partial charge in [-0.25, -0.2) is 4.79 Å². The number of para-hydroxylation sites is 2. The van der Waals surface area contributed by atoms with E-state index in [0.29, 0.717) is 32.0 Å². The van der Waals surface area contributed by atoms with Crippen molar-refractivity contribution in [2.24, 2.45) is 0 Å². The van der Waals surface area contributed by atoms with Gasteiger partial charge in [0.15, 0.2) is 0 Å². The minimum Gasteiger partial charge on any atom is -0.465 e. The van der Waals surface area contributed by atoms with E-state index < -0.39 is 6.09 Å². The molecule has 0 bridgehead atoms. The van der Waals surface area contributed by atoms with Gasteiger partial charge in [0.25, 0.3) is 0 Å². The summed E-state index contributed by atoms with van der Waals surface area (Å²) < 4.78 is 5.22. The predicted octanol–water partition coefficient (Wildman–Crippen LogP) is 0.965. The van der Waals surface area contributed by atoms with Crippen molar-refractivity contribution >= 4 is 17.5 Å². The van der Waals surface area contributed by atoms with E-state index >= 15 is 0 Å². The normalized spacial score (nSPS) is 9.88. The first kappa shape index (κ1) is 13.1. The number of nitrogens with one attached hydrogen (secondary N) is 2. The van der Waals surface area contributed by atoms with Crippen LogP contribution in [0.3, 0.4) is 0 Å². The number of carbonyl (C=O) groups is 1. The highest BCUT2D eigenvalue weighted by atomic mass is 16.5. The van der Waals surface area contributed by atoms with E-state index in [1.54, 1.807) is 0 Å². The van der Waals surface area contributed by atoms with Crippen LogP contribution in [0.15, 0.2) is 24.3 Å². The maximum Gasteiger partial charge on any atom is 0.404 e. The van der Waals surface area contributed by atoms with Gasteiger partial charge in [-0.05, 0) is 12.1 Å². The number of amides is 1. The van der Waals surface area contributed by atoms with Gasteiger partial charge >= 0.3 is 6.09 Å². The van der Waals surface area contributed by atoms with Gasteiger partial charge in [0.2, 0.25) is 0 Å². The average molecular weight is 239 g/mol. The van der Waals surface area contributed by atoms with Crippen LogP contribution in [0.1, 0.15) is 0 Å². The zero-order valence-corrected chi connectivity index (χ0v) is 9.48. The molecule has 0 saturated carbocycles. The van der Waals surface area contributed by atoms with Gasteiger partial charge in [-0.1, -0.05) is 12.1 Å². The molecular formula is C11H17N3O3. The van der Waals surface area contributed by atoms with Crippen molar-refractivity contribution < 1.29 is 14.6 Å². The lowest BCUT2D eigenvalue weighted by Crippen LogP contribution is -2.25. The van der Waals surface area contributed by atoms with Gasteiger partial charge in [0.05, 0.1) is 24.6 Å². The Balaban J connectivity index is 2.05. The first-order valence-electron chi connectivity index (χ1n) is 5.33. The number of hydrogen-bond donors (Lipinski definition) is 4. The number of ether oxygens (including phenoxy) is 1. The van der Waals surface area contributed by atoms with Crippen molar-refractivity contribution in [2.75, 3.05) is 37.4 Å². The van der Waals surface area contributed by atoms with E-state index in [-0.39, 0.29) is 0 Å². The van der Waals surface area contributed by atoms with Crippen molar-refractivity contribution in [3.63, 3.8) is 0 Å². The average Bonchev–Trinajstić information content (AvgIpc) is 2.30. The standard InChI is InChI=1S/C11H17N3O3/c12-9-3-1-2-4-10(9)13-5-7-17-8-6-14-11(15)16/h1-4,13-14H,5-8,12H2,(H,15,16). The summed E-state index contributed by atoms with van der Waals surface area (Å²) >= 11 is 0. The fourth-order valence-electron chi connectivity index (χ4n) is 1.25. The van der Waals surface area contributed by atoms with Crippen LogP contribution in [0, 0.1) is 0 Å². The molecule has 0 spiro atoms. The van der Waals surface area contributed by atoms with Crippen molar-refractivity contribution in [3.8, 4) is 0 Å². The number of anilines is 2. The zero-order chi connectivity index (χ0) is 12.5. The number of nitrogens with two attached hydrogens (primary N) is 1. The monoisotopic (exact) mass is 239 g/mol. The number of rotatable bonds is 7. The summed E-state index contributed by atoms with van der Waals surface area (Å²) in [5, 5.41) is 13.6. The quantitative estimate of drug-likeness (QED) is 0.420. The molecule has 0 fully saturated rings. The Morgan fingerprint density at radius 3 is 2.71 bits per heavy atom. The maximum atomic E-state index is 10.1. The molecule has 1 aromatic carbocycles. The fraction of sp³-hybridized carbons (Fsp3) is 0.364. The molecule has 0 aliphatic heterocycles. The van der Waals surface area contributed by atoms with Crippen molar-refractivity contribution in [1.82, 2.24) is 5.32 Å². The van der Waals surface area contributed by atoms with E-state index in [1.807, 2.05) is 24.3 Å². The maximum absolute atomic E-state index is 10.1. The molecule has 0 unspecified atom stereocenters. The van der Waals surface area contributed by atoms with E-state index in [0.717, 1.165) is 5.69 Å². The molecule has 1 rings (SSSR count). The lowest BCUT2D eigenvalue weighted by atomic mass is 10.3. The number of carboxylic acid groups (broad SMARTS) is 1. The van der Waals surface area contributed by atoms with E-state index in [2.05, 4.69) is 10.6 Å². The topological polar surface area (TPSA) is 96.6 Å². The van der Waals surface area contributed by atoms with Crippen molar-refractivity contribution in [1.29, 1.82) is 0 Å².